The number of nitrogen functional groups attached to an aromatic ring is 1. The Morgan fingerprint density at radius 1 is 1.32 bits per heavy atom. The largest absolute Gasteiger partial charge is 0.397 e. The average molecular weight is 325 g/mol. The third-order valence-corrected chi connectivity index (χ3v) is 4.67. The van der Waals surface area contributed by atoms with Gasteiger partial charge in [0, 0.05) is 11.0 Å². The van der Waals surface area contributed by atoms with Crippen molar-refractivity contribution in [3.63, 3.8) is 0 Å². The summed E-state index contributed by atoms with van der Waals surface area (Å²) in [6.07, 6.45) is 6.77. The van der Waals surface area contributed by atoms with E-state index in [9.17, 15) is 0 Å². The molecule has 2 rings (SSSR count). The Morgan fingerprint density at radius 2 is 2.00 bits per heavy atom. The van der Waals surface area contributed by atoms with Gasteiger partial charge in [0.2, 0.25) is 0 Å². The van der Waals surface area contributed by atoms with Crippen LogP contribution >= 0.6 is 15.9 Å². The molecule has 3 heteroatoms. The second-order valence-corrected chi connectivity index (χ2v) is 7.31. The first-order valence-electron chi connectivity index (χ1n) is 7.30. The van der Waals surface area contributed by atoms with Gasteiger partial charge in [-0.15, -0.1) is 0 Å². The minimum Gasteiger partial charge on any atom is -0.397 e. The smallest absolute Gasteiger partial charge is 0.0585 e. The Bertz CT molecular complexity index is 423. The zero-order valence-electron chi connectivity index (χ0n) is 12.0. The Kier molecular flexibility index (Phi) is 4.77. The number of nitrogens with one attached hydrogen (secondary N) is 1. The molecule has 0 atom stereocenters. The molecular weight excluding hydrogens is 300 g/mol. The highest BCUT2D eigenvalue weighted by atomic mass is 79.9. The summed E-state index contributed by atoms with van der Waals surface area (Å²) < 4.78 is 1.08. The summed E-state index contributed by atoms with van der Waals surface area (Å²) in [5, 5.41) is 3.59. The second-order valence-electron chi connectivity index (χ2n) is 6.39. The van der Waals surface area contributed by atoms with Gasteiger partial charge in [-0.3, -0.25) is 0 Å². The van der Waals surface area contributed by atoms with E-state index in [1.54, 1.807) is 0 Å². The standard InChI is InChI=1S/C16H25BrN2/c1-12(2)10-16(7-3-4-8-16)11-19-15-9-13(17)5-6-14(15)18/h5-6,9,12,19H,3-4,7-8,10-11,18H2,1-2H3. The van der Waals surface area contributed by atoms with Crippen LogP contribution in [0.15, 0.2) is 22.7 Å². The number of benzene rings is 1. The van der Waals surface area contributed by atoms with Crippen molar-refractivity contribution in [2.24, 2.45) is 11.3 Å². The second kappa shape index (κ2) is 6.17. The van der Waals surface area contributed by atoms with Gasteiger partial charge in [0.25, 0.3) is 0 Å². The van der Waals surface area contributed by atoms with Crippen LogP contribution in [0.1, 0.15) is 46.0 Å². The number of hydrogen-bond donors (Lipinski definition) is 2. The summed E-state index contributed by atoms with van der Waals surface area (Å²) in [6.45, 7) is 5.70. The van der Waals surface area contributed by atoms with E-state index >= 15 is 0 Å². The van der Waals surface area contributed by atoms with Gasteiger partial charge < -0.3 is 11.1 Å². The van der Waals surface area contributed by atoms with E-state index in [4.69, 9.17) is 5.73 Å². The maximum absolute atomic E-state index is 6.04. The van der Waals surface area contributed by atoms with Crippen molar-refractivity contribution < 1.29 is 0 Å². The predicted molar refractivity (Wildman–Crippen MR) is 87.4 cm³/mol. The van der Waals surface area contributed by atoms with Gasteiger partial charge in [-0.25, -0.2) is 0 Å². The highest BCUT2D eigenvalue weighted by molar-refractivity contribution is 9.10. The Morgan fingerprint density at radius 3 is 2.63 bits per heavy atom. The van der Waals surface area contributed by atoms with E-state index in [1.807, 2.05) is 12.1 Å². The maximum atomic E-state index is 6.04. The molecule has 0 bridgehead atoms. The first kappa shape index (κ1) is 14.7. The number of anilines is 2. The van der Waals surface area contributed by atoms with Crippen molar-refractivity contribution in [2.45, 2.75) is 46.0 Å². The molecule has 0 spiro atoms. The number of hydrogen-bond acceptors (Lipinski definition) is 2. The Labute approximate surface area is 125 Å². The molecule has 0 heterocycles. The molecule has 106 valence electrons. The molecule has 0 aliphatic heterocycles. The third-order valence-electron chi connectivity index (χ3n) is 4.17. The lowest BCUT2D eigenvalue weighted by molar-refractivity contribution is 0.252. The normalized spacial score (nSPS) is 17.9. The van der Waals surface area contributed by atoms with Crippen LogP contribution in [0.25, 0.3) is 0 Å². The molecule has 0 saturated heterocycles. The van der Waals surface area contributed by atoms with Crippen LogP contribution in [0.4, 0.5) is 11.4 Å². The van der Waals surface area contributed by atoms with Gasteiger partial charge >= 0.3 is 0 Å². The van der Waals surface area contributed by atoms with Crippen LogP contribution in [0.3, 0.4) is 0 Å². The molecule has 1 saturated carbocycles. The van der Waals surface area contributed by atoms with Crippen LogP contribution in [0, 0.1) is 11.3 Å². The molecule has 19 heavy (non-hydrogen) atoms. The summed E-state index contributed by atoms with van der Waals surface area (Å²) in [5.41, 5.74) is 8.40. The molecular formula is C16H25BrN2. The quantitative estimate of drug-likeness (QED) is 0.744. The van der Waals surface area contributed by atoms with Gasteiger partial charge in [-0.2, -0.15) is 0 Å². The topological polar surface area (TPSA) is 38.0 Å². The zero-order valence-corrected chi connectivity index (χ0v) is 13.6. The SMILES string of the molecule is CC(C)CC1(CNc2cc(Br)ccc2N)CCCC1. The molecule has 1 aliphatic rings. The zero-order chi connectivity index (χ0) is 13.9. The minimum atomic E-state index is 0.475. The van der Waals surface area contributed by atoms with Crippen LogP contribution in [-0.4, -0.2) is 6.54 Å². The van der Waals surface area contributed by atoms with E-state index in [0.29, 0.717) is 5.41 Å². The van der Waals surface area contributed by atoms with Crippen molar-refractivity contribution in [3.8, 4) is 0 Å². The molecule has 0 amide bonds. The summed E-state index contributed by atoms with van der Waals surface area (Å²) in [4.78, 5) is 0. The van der Waals surface area contributed by atoms with E-state index < -0.39 is 0 Å². The summed E-state index contributed by atoms with van der Waals surface area (Å²) in [6, 6.07) is 6.02. The molecule has 0 aromatic heterocycles. The fourth-order valence-electron chi connectivity index (χ4n) is 3.41. The van der Waals surface area contributed by atoms with Crippen molar-refractivity contribution >= 4 is 27.3 Å². The Balaban J connectivity index is 2.04. The summed E-state index contributed by atoms with van der Waals surface area (Å²) in [5.74, 6) is 0.764. The first-order valence-corrected chi connectivity index (χ1v) is 8.09. The molecule has 0 unspecified atom stereocenters. The van der Waals surface area contributed by atoms with Gasteiger partial charge in [0.05, 0.1) is 11.4 Å². The summed E-state index contributed by atoms with van der Waals surface area (Å²) >= 11 is 3.51. The molecule has 1 aromatic rings. The van der Waals surface area contributed by atoms with Crippen LogP contribution < -0.4 is 11.1 Å². The van der Waals surface area contributed by atoms with Gasteiger partial charge in [-0.1, -0.05) is 42.6 Å². The van der Waals surface area contributed by atoms with Gasteiger partial charge in [0.15, 0.2) is 0 Å². The third kappa shape index (κ3) is 3.88. The monoisotopic (exact) mass is 324 g/mol. The molecule has 1 fully saturated rings. The number of nitrogens with two attached hydrogens (primary N) is 1. The van der Waals surface area contributed by atoms with E-state index in [-0.39, 0.29) is 0 Å². The predicted octanol–water partition coefficient (Wildman–Crippen LogP) is 5.05. The Hall–Kier alpha value is -0.700. The molecule has 2 nitrogen and oxygen atoms in total. The fraction of sp³-hybridized carbons (Fsp3) is 0.625. The van der Waals surface area contributed by atoms with Crippen molar-refractivity contribution in [1.82, 2.24) is 0 Å². The van der Waals surface area contributed by atoms with Gasteiger partial charge in [-0.05, 0) is 48.8 Å². The lowest BCUT2D eigenvalue weighted by atomic mass is 9.78. The number of halogens is 1. The lowest BCUT2D eigenvalue weighted by Gasteiger charge is -2.32. The van der Waals surface area contributed by atoms with Crippen LogP contribution in [-0.2, 0) is 0 Å². The highest BCUT2D eigenvalue weighted by Gasteiger charge is 2.34. The van der Waals surface area contributed by atoms with E-state index in [2.05, 4.69) is 41.2 Å². The van der Waals surface area contributed by atoms with Gasteiger partial charge in [0.1, 0.15) is 0 Å². The fourth-order valence-corrected chi connectivity index (χ4v) is 3.77. The van der Waals surface area contributed by atoms with E-state index in [0.717, 1.165) is 28.3 Å². The average Bonchev–Trinajstić information content (AvgIpc) is 2.78. The molecule has 1 aromatic carbocycles. The molecule has 1 aliphatic carbocycles. The van der Waals surface area contributed by atoms with Crippen LogP contribution in [0.5, 0.6) is 0 Å². The maximum Gasteiger partial charge on any atom is 0.0585 e. The first-order chi connectivity index (χ1) is 9.01. The number of rotatable bonds is 5. The summed E-state index contributed by atoms with van der Waals surface area (Å²) in [7, 11) is 0. The molecule has 0 radical (unpaired) electrons. The van der Waals surface area contributed by atoms with Crippen molar-refractivity contribution in [2.75, 3.05) is 17.6 Å². The van der Waals surface area contributed by atoms with Crippen molar-refractivity contribution in [3.05, 3.63) is 22.7 Å². The minimum absolute atomic E-state index is 0.475. The lowest BCUT2D eigenvalue weighted by Crippen LogP contribution is -2.28. The van der Waals surface area contributed by atoms with Crippen molar-refractivity contribution in [1.29, 1.82) is 0 Å². The van der Waals surface area contributed by atoms with E-state index in [1.165, 1.54) is 32.1 Å². The molecule has 3 N–H and O–H groups in total. The van der Waals surface area contributed by atoms with Crippen LogP contribution in [0.2, 0.25) is 0 Å². The highest BCUT2D eigenvalue weighted by Crippen LogP contribution is 2.43.